The Hall–Kier alpha value is -0.693. The minimum atomic E-state index is -2.35. The molecule has 5 nitrogen and oxygen atoms in total. The molecule has 0 bridgehead atoms. The first kappa shape index (κ1) is 30.3. The SMILES string of the molecule is CC=CC(=O)OCCCCCCCCCCCCCCCCCC[Si](OC)(OC)OC. The molecule has 0 radical (unpaired) electrons. The highest BCUT2D eigenvalue weighted by molar-refractivity contribution is 6.60. The summed E-state index contributed by atoms with van der Waals surface area (Å²) in [7, 11) is 2.72. The van der Waals surface area contributed by atoms with Gasteiger partial charge in [0.15, 0.2) is 0 Å². The van der Waals surface area contributed by atoms with E-state index in [0.717, 1.165) is 25.3 Å². The summed E-state index contributed by atoms with van der Waals surface area (Å²) in [5.74, 6) is -0.220. The average Bonchev–Trinajstić information content (AvgIpc) is 2.78. The van der Waals surface area contributed by atoms with Crippen molar-refractivity contribution in [2.24, 2.45) is 0 Å². The van der Waals surface area contributed by atoms with Crippen LogP contribution in [-0.2, 0) is 22.8 Å². The highest BCUT2D eigenvalue weighted by Gasteiger charge is 2.36. The third-order valence-corrected chi connectivity index (χ3v) is 8.69. The van der Waals surface area contributed by atoms with E-state index in [9.17, 15) is 4.79 Å². The minimum Gasteiger partial charge on any atom is -0.463 e. The Morgan fingerprint density at radius 2 is 0.968 bits per heavy atom. The molecule has 0 fully saturated rings. The number of carbonyl (C=O) groups excluding carboxylic acids is 1. The van der Waals surface area contributed by atoms with E-state index >= 15 is 0 Å². The summed E-state index contributed by atoms with van der Waals surface area (Å²) < 4.78 is 21.5. The number of allylic oxidation sites excluding steroid dienone is 1. The summed E-state index contributed by atoms with van der Waals surface area (Å²) in [4.78, 5) is 11.2. The van der Waals surface area contributed by atoms with Gasteiger partial charge in [-0.1, -0.05) is 96.0 Å². The third kappa shape index (κ3) is 18.6. The molecule has 0 aliphatic heterocycles. The fourth-order valence-electron chi connectivity index (χ4n) is 3.83. The van der Waals surface area contributed by atoms with Gasteiger partial charge in [0.1, 0.15) is 0 Å². The van der Waals surface area contributed by atoms with Gasteiger partial charge in [-0.15, -0.1) is 0 Å². The van der Waals surface area contributed by atoms with E-state index in [0.29, 0.717) is 6.61 Å². The average molecular weight is 459 g/mol. The Morgan fingerprint density at radius 1 is 0.613 bits per heavy atom. The predicted molar refractivity (Wildman–Crippen MR) is 131 cm³/mol. The van der Waals surface area contributed by atoms with Crippen LogP contribution in [0.1, 0.15) is 110 Å². The molecule has 0 rings (SSSR count). The summed E-state index contributed by atoms with van der Waals surface area (Å²) in [6, 6.07) is 0.919. The number of ether oxygens (including phenoxy) is 1. The largest absolute Gasteiger partial charge is 0.500 e. The molecule has 0 aliphatic carbocycles. The lowest BCUT2D eigenvalue weighted by Gasteiger charge is -2.24. The second kappa shape index (κ2) is 22.5. The maximum absolute atomic E-state index is 11.2. The molecule has 0 aromatic heterocycles. The molecule has 0 atom stereocenters. The first-order valence-corrected chi connectivity index (χ1v) is 14.5. The van der Waals surface area contributed by atoms with Crippen molar-refractivity contribution in [2.75, 3.05) is 27.9 Å². The van der Waals surface area contributed by atoms with E-state index < -0.39 is 8.80 Å². The molecule has 0 unspecified atom stereocenters. The van der Waals surface area contributed by atoms with Crippen LogP contribution in [0.25, 0.3) is 0 Å². The number of unbranched alkanes of at least 4 members (excludes halogenated alkanes) is 15. The number of hydrogen-bond acceptors (Lipinski definition) is 5. The smallest absolute Gasteiger partial charge is 0.463 e. The van der Waals surface area contributed by atoms with Crippen LogP contribution in [0, 0.1) is 0 Å². The molecule has 0 N–H and O–H groups in total. The minimum absolute atomic E-state index is 0.220. The van der Waals surface area contributed by atoms with Crippen molar-refractivity contribution in [3.05, 3.63) is 12.2 Å². The molecule has 0 amide bonds. The Balaban J connectivity index is 3.23. The Labute approximate surface area is 193 Å². The molecule has 6 heteroatoms. The number of hydrogen-bond donors (Lipinski definition) is 0. The van der Waals surface area contributed by atoms with E-state index in [2.05, 4.69) is 0 Å². The van der Waals surface area contributed by atoms with Crippen LogP contribution in [-0.4, -0.2) is 42.7 Å². The van der Waals surface area contributed by atoms with E-state index in [1.165, 1.54) is 89.5 Å². The highest BCUT2D eigenvalue weighted by atomic mass is 28.4. The Bertz CT molecular complexity index is 416. The lowest BCUT2D eigenvalue weighted by Crippen LogP contribution is -2.42. The second-order valence-electron chi connectivity index (χ2n) is 8.37. The van der Waals surface area contributed by atoms with E-state index in [1.807, 2.05) is 6.92 Å². The normalized spacial score (nSPS) is 12.0. The molecule has 0 aromatic carbocycles. The van der Waals surface area contributed by atoms with Gasteiger partial charge in [0.2, 0.25) is 0 Å². The van der Waals surface area contributed by atoms with Crippen molar-refractivity contribution >= 4 is 14.8 Å². The van der Waals surface area contributed by atoms with Crippen LogP contribution in [0.2, 0.25) is 6.04 Å². The van der Waals surface area contributed by atoms with Crippen LogP contribution in [0.3, 0.4) is 0 Å². The van der Waals surface area contributed by atoms with Crippen molar-refractivity contribution in [3.63, 3.8) is 0 Å². The van der Waals surface area contributed by atoms with Crippen molar-refractivity contribution in [1.82, 2.24) is 0 Å². The molecule has 0 saturated carbocycles. The second-order valence-corrected chi connectivity index (χ2v) is 11.5. The van der Waals surface area contributed by atoms with E-state index in [1.54, 1.807) is 27.4 Å². The molecule has 31 heavy (non-hydrogen) atoms. The lowest BCUT2D eigenvalue weighted by molar-refractivity contribution is -0.137. The molecular formula is C25H50O5Si. The van der Waals surface area contributed by atoms with E-state index in [4.69, 9.17) is 18.0 Å². The Morgan fingerprint density at radius 3 is 1.32 bits per heavy atom. The molecular weight excluding hydrogens is 408 g/mol. The molecule has 0 aliphatic rings. The zero-order valence-corrected chi connectivity index (χ0v) is 21.9. The summed E-state index contributed by atoms with van der Waals surface area (Å²) in [5, 5.41) is 0. The summed E-state index contributed by atoms with van der Waals surface area (Å²) in [6.07, 6.45) is 23.9. The molecule has 0 saturated heterocycles. The standard InChI is InChI=1S/C25H50O5Si/c1-5-22-25(26)30-23-20-18-16-14-12-10-8-6-7-9-11-13-15-17-19-21-24-31(27-2,28-3)29-4/h5,22H,6-21,23-24H2,1-4H3. The van der Waals surface area contributed by atoms with Gasteiger partial charge in [0, 0.05) is 33.4 Å². The van der Waals surface area contributed by atoms with Gasteiger partial charge in [-0.05, 0) is 19.8 Å². The molecule has 0 aromatic rings. The van der Waals surface area contributed by atoms with Crippen molar-refractivity contribution < 1.29 is 22.8 Å². The number of rotatable bonds is 23. The van der Waals surface area contributed by atoms with Crippen LogP contribution in [0.15, 0.2) is 12.2 Å². The summed E-state index contributed by atoms with van der Waals surface area (Å²) in [6.45, 7) is 2.38. The first-order valence-electron chi connectivity index (χ1n) is 12.6. The maximum atomic E-state index is 11.2. The van der Waals surface area contributed by atoms with Gasteiger partial charge in [-0.25, -0.2) is 4.79 Å². The number of carbonyl (C=O) groups is 1. The summed E-state index contributed by atoms with van der Waals surface area (Å²) >= 11 is 0. The third-order valence-electron chi connectivity index (χ3n) is 5.86. The molecule has 0 spiro atoms. The van der Waals surface area contributed by atoms with Gasteiger partial charge in [0.05, 0.1) is 6.61 Å². The predicted octanol–water partition coefficient (Wildman–Crippen LogP) is 7.23. The fraction of sp³-hybridized carbons (Fsp3) is 0.880. The highest BCUT2D eigenvalue weighted by Crippen LogP contribution is 2.19. The zero-order chi connectivity index (χ0) is 23.0. The van der Waals surface area contributed by atoms with Crippen molar-refractivity contribution in [3.8, 4) is 0 Å². The van der Waals surface area contributed by atoms with E-state index in [-0.39, 0.29) is 5.97 Å². The van der Waals surface area contributed by atoms with Crippen LogP contribution < -0.4 is 0 Å². The maximum Gasteiger partial charge on any atom is 0.500 e. The van der Waals surface area contributed by atoms with Crippen molar-refractivity contribution in [2.45, 2.75) is 116 Å². The van der Waals surface area contributed by atoms with Gasteiger partial charge < -0.3 is 18.0 Å². The first-order chi connectivity index (χ1) is 15.1. The van der Waals surface area contributed by atoms with Gasteiger partial charge in [-0.3, -0.25) is 0 Å². The topological polar surface area (TPSA) is 54.0 Å². The fourth-order valence-corrected chi connectivity index (χ4v) is 5.63. The van der Waals surface area contributed by atoms with Crippen LogP contribution >= 0.6 is 0 Å². The van der Waals surface area contributed by atoms with Gasteiger partial charge >= 0.3 is 14.8 Å². The lowest BCUT2D eigenvalue weighted by atomic mass is 10.0. The van der Waals surface area contributed by atoms with Gasteiger partial charge in [0.25, 0.3) is 0 Å². The molecule has 0 heterocycles. The van der Waals surface area contributed by atoms with Gasteiger partial charge in [-0.2, -0.15) is 0 Å². The van der Waals surface area contributed by atoms with Crippen LogP contribution in [0.5, 0.6) is 0 Å². The van der Waals surface area contributed by atoms with Crippen molar-refractivity contribution in [1.29, 1.82) is 0 Å². The monoisotopic (exact) mass is 458 g/mol. The summed E-state index contributed by atoms with van der Waals surface area (Å²) in [5.41, 5.74) is 0. The quantitative estimate of drug-likeness (QED) is 0.0700. The molecule has 184 valence electrons. The van der Waals surface area contributed by atoms with Crippen LogP contribution in [0.4, 0.5) is 0 Å². The Kier molecular flexibility index (Phi) is 22.0. The number of esters is 1. The zero-order valence-electron chi connectivity index (χ0n) is 20.9.